The lowest BCUT2D eigenvalue weighted by Gasteiger charge is -2.04. The number of hydrogen-bond donors (Lipinski definition) is 2. The summed E-state index contributed by atoms with van der Waals surface area (Å²) in [6.45, 7) is 0.130. The smallest absolute Gasteiger partial charge is 0.355 e. The van der Waals surface area contributed by atoms with Gasteiger partial charge in [-0.3, -0.25) is 4.79 Å². The second-order valence-corrected chi connectivity index (χ2v) is 4.92. The van der Waals surface area contributed by atoms with Crippen molar-refractivity contribution in [1.82, 2.24) is 10.3 Å². The molecule has 1 aromatic carbocycles. The summed E-state index contributed by atoms with van der Waals surface area (Å²) in [5.74, 6) is -1.88. The minimum absolute atomic E-state index is 0.0478. The van der Waals surface area contributed by atoms with Crippen LogP contribution in [0.1, 0.15) is 21.1 Å². The van der Waals surface area contributed by atoms with Gasteiger partial charge in [-0.1, -0.05) is 18.2 Å². The van der Waals surface area contributed by atoms with Crippen molar-refractivity contribution in [2.45, 2.75) is 13.0 Å². The summed E-state index contributed by atoms with van der Waals surface area (Å²) < 4.78 is 13.3. The topological polar surface area (TPSA) is 79.3 Å². The highest BCUT2D eigenvalue weighted by atomic mass is 32.1. The van der Waals surface area contributed by atoms with Crippen molar-refractivity contribution in [3.8, 4) is 0 Å². The number of rotatable bonds is 5. The molecule has 0 saturated heterocycles. The Balaban J connectivity index is 1.89. The monoisotopic (exact) mass is 294 g/mol. The SMILES string of the molecule is O=C(Cc1ccccc1F)NCc1nc(C(=O)O)cs1. The van der Waals surface area contributed by atoms with Crippen LogP contribution in [0.2, 0.25) is 0 Å². The maximum Gasteiger partial charge on any atom is 0.355 e. The Morgan fingerprint density at radius 1 is 1.35 bits per heavy atom. The molecule has 0 bridgehead atoms. The minimum atomic E-state index is -1.11. The second-order valence-electron chi connectivity index (χ2n) is 3.98. The van der Waals surface area contributed by atoms with E-state index in [1.807, 2.05) is 0 Å². The summed E-state index contributed by atoms with van der Waals surface area (Å²) in [5.41, 5.74) is 0.267. The minimum Gasteiger partial charge on any atom is -0.476 e. The number of amides is 1. The quantitative estimate of drug-likeness (QED) is 0.882. The molecular formula is C13H11FN2O3S. The second kappa shape index (κ2) is 6.25. The molecule has 0 unspecified atom stereocenters. The molecule has 2 aromatic rings. The lowest BCUT2D eigenvalue weighted by atomic mass is 10.1. The Hall–Kier alpha value is -2.28. The first-order chi connectivity index (χ1) is 9.56. The van der Waals surface area contributed by atoms with E-state index in [2.05, 4.69) is 10.3 Å². The Kier molecular flexibility index (Phi) is 4.41. The van der Waals surface area contributed by atoms with E-state index in [1.54, 1.807) is 18.2 Å². The van der Waals surface area contributed by atoms with Crippen molar-refractivity contribution in [2.75, 3.05) is 0 Å². The molecule has 20 heavy (non-hydrogen) atoms. The standard InChI is InChI=1S/C13H11FN2O3S/c14-9-4-2-1-3-8(9)5-11(17)15-6-12-16-10(7-20-12)13(18)19/h1-4,7H,5-6H2,(H,15,17)(H,18,19). The van der Waals surface area contributed by atoms with Gasteiger partial charge in [-0.25, -0.2) is 14.2 Å². The van der Waals surface area contributed by atoms with Crippen LogP contribution in [0.15, 0.2) is 29.6 Å². The van der Waals surface area contributed by atoms with E-state index < -0.39 is 11.8 Å². The van der Waals surface area contributed by atoms with Crippen molar-refractivity contribution < 1.29 is 19.1 Å². The Morgan fingerprint density at radius 2 is 2.10 bits per heavy atom. The largest absolute Gasteiger partial charge is 0.476 e. The van der Waals surface area contributed by atoms with Crippen LogP contribution in [0.25, 0.3) is 0 Å². The number of aromatic carboxylic acids is 1. The van der Waals surface area contributed by atoms with Gasteiger partial charge in [0.2, 0.25) is 5.91 Å². The van der Waals surface area contributed by atoms with Crippen LogP contribution in [-0.4, -0.2) is 22.0 Å². The van der Waals surface area contributed by atoms with Gasteiger partial charge in [0, 0.05) is 5.38 Å². The van der Waals surface area contributed by atoms with Crippen LogP contribution < -0.4 is 5.32 Å². The molecule has 7 heteroatoms. The fourth-order valence-electron chi connectivity index (χ4n) is 1.54. The predicted molar refractivity (Wildman–Crippen MR) is 71.0 cm³/mol. The van der Waals surface area contributed by atoms with Crippen LogP contribution in [0.5, 0.6) is 0 Å². The van der Waals surface area contributed by atoms with Crippen molar-refractivity contribution >= 4 is 23.2 Å². The van der Waals surface area contributed by atoms with Crippen LogP contribution in [0.3, 0.4) is 0 Å². The highest BCUT2D eigenvalue weighted by Gasteiger charge is 2.11. The average molecular weight is 294 g/mol. The number of nitrogens with one attached hydrogen (secondary N) is 1. The molecule has 2 N–H and O–H groups in total. The number of thiazole rings is 1. The molecule has 0 aliphatic carbocycles. The zero-order valence-corrected chi connectivity index (χ0v) is 11.1. The lowest BCUT2D eigenvalue weighted by Crippen LogP contribution is -2.24. The molecule has 104 valence electrons. The number of benzene rings is 1. The highest BCUT2D eigenvalue weighted by Crippen LogP contribution is 2.10. The maximum absolute atomic E-state index is 13.3. The summed E-state index contributed by atoms with van der Waals surface area (Å²) in [4.78, 5) is 26.1. The summed E-state index contributed by atoms with van der Waals surface area (Å²) in [7, 11) is 0. The van der Waals surface area contributed by atoms with Gasteiger partial charge in [0.1, 0.15) is 10.8 Å². The van der Waals surface area contributed by atoms with E-state index >= 15 is 0 Å². The normalized spacial score (nSPS) is 10.2. The predicted octanol–water partition coefficient (Wildman–Crippen LogP) is 1.84. The maximum atomic E-state index is 13.3. The van der Waals surface area contributed by atoms with Crippen LogP contribution >= 0.6 is 11.3 Å². The van der Waals surface area contributed by atoms with Gasteiger partial charge in [-0.15, -0.1) is 11.3 Å². The van der Waals surface area contributed by atoms with E-state index in [0.29, 0.717) is 10.6 Å². The van der Waals surface area contributed by atoms with E-state index in [0.717, 1.165) is 11.3 Å². The van der Waals surface area contributed by atoms with Crippen LogP contribution in [-0.2, 0) is 17.8 Å². The Morgan fingerprint density at radius 3 is 2.75 bits per heavy atom. The van der Waals surface area contributed by atoms with Gasteiger partial charge in [0.15, 0.2) is 5.69 Å². The fraction of sp³-hybridized carbons (Fsp3) is 0.154. The van der Waals surface area contributed by atoms with Crippen molar-refractivity contribution in [1.29, 1.82) is 0 Å². The number of carboxylic acid groups (broad SMARTS) is 1. The molecule has 1 heterocycles. The first-order valence-corrected chi connectivity index (χ1v) is 6.62. The average Bonchev–Trinajstić information content (AvgIpc) is 2.88. The van der Waals surface area contributed by atoms with Crippen molar-refractivity contribution in [2.24, 2.45) is 0 Å². The van der Waals surface area contributed by atoms with E-state index in [9.17, 15) is 14.0 Å². The number of halogens is 1. The third kappa shape index (κ3) is 3.61. The fourth-order valence-corrected chi connectivity index (χ4v) is 2.25. The number of nitrogens with zero attached hydrogens (tertiary/aromatic N) is 1. The molecule has 1 amide bonds. The molecule has 0 aliphatic rings. The number of carbonyl (C=O) groups excluding carboxylic acids is 1. The number of aromatic nitrogens is 1. The molecule has 0 aliphatic heterocycles. The van der Waals surface area contributed by atoms with Gasteiger partial charge in [0.05, 0.1) is 13.0 Å². The third-order valence-electron chi connectivity index (χ3n) is 2.52. The summed E-state index contributed by atoms with van der Waals surface area (Å²) >= 11 is 1.15. The van der Waals surface area contributed by atoms with Gasteiger partial charge in [0.25, 0.3) is 0 Å². The van der Waals surface area contributed by atoms with Gasteiger partial charge < -0.3 is 10.4 Å². The number of hydrogen-bond acceptors (Lipinski definition) is 4. The van der Waals surface area contributed by atoms with Crippen molar-refractivity contribution in [3.63, 3.8) is 0 Å². The lowest BCUT2D eigenvalue weighted by molar-refractivity contribution is -0.120. The number of carboxylic acids is 1. The summed E-state index contributed by atoms with van der Waals surface area (Å²) in [6.07, 6.45) is -0.0656. The molecule has 2 rings (SSSR count). The highest BCUT2D eigenvalue weighted by molar-refractivity contribution is 7.09. The van der Waals surface area contributed by atoms with Crippen LogP contribution in [0, 0.1) is 5.82 Å². The molecule has 0 saturated carbocycles. The molecule has 5 nitrogen and oxygen atoms in total. The molecule has 0 radical (unpaired) electrons. The summed E-state index contributed by atoms with van der Waals surface area (Å²) in [6, 6.07) is 6.05. The van der Waals surface area contributed by atoms with Gasteiger partial charge >= 0.3 is 5.97 Å². The first kappa shape index (κ1) is 14.1. The molecular weight excluding hydrogens is 283 g/mol. The summed E-state index contributed by atoms with van der Waals surface area (Å²) in [5, 5.41) is 13.2. The number of carbonyl (C=O) groups is 2. The third-order valence-corrected chi connectivity index (χ3v) is 3.37. The van der Waals surface area contributed by atoms with Gasteiger partial charge in [-0.2, -0.15) is 0 Å². The molecule has 1 aromatic heterocycles. The Labute approximate surface area is 118 Å². The molecule has 0 atom stereocenters. The first-order valence-electron chi connectivity index (χ1n) is 5.74. The van der Waals surface area contributed by atoms with E-state index in [4.69, 9.17) is 5.11 Å². The van der Waals surface area contributed by atoms with E-state index in [1.165, 1.54) is 11.4 Å². The zero-order valence-electron chi connectivity index (χ0n) is 10.3. The van der Waals surface area contributed by atoms with E-state index in [-0.39, 0.29) is 24.6 Å². The molecule has 0 spiro atoms. The Bertz CT molecular complexity index is 642. The van der Waals surface area contributed by atoms with Crippen LogP contribution in [0.4, 0.5) is 4.39 Å². The zero-order chi connectivity index (χ0) is 14.5. The van der Waals surface area contributed by atoms with Gasteiger partial charge in [-0.05, 0) is 11.6 Å². The van der Waals surface area contributed by atoms with Crippen molar-refractivity contribution in [3.05, 3.63) is 51.7 Å². The molecule has 0 fully saturated rings.